The molecule has 1 aromatic heterocycles. The van der Waals surface area contributed by atoms with E-state index in [4.69, 9.17) is 9.72 Å². The van der Waals surface area contributed by atoms with E-state index in [2.05, 4.69) is 161 Å². The van der Waals surface area contributed by atoms with Crippen LogP contribution in [0.4, 0.5) is 17.1 Å². The predicted octanol–water partition coefficient (Wildman–Crippen LogP) is 12.4. The van der Waals surface area contributed by atoms with Crippen molar-refractivity contribution >= 4 is 27.8 Å². The number of rotatable bonds is 4. The van der Waals surface area contributed by atoms with E-state index in [0.29, 0.717) is 0 Å². The van der Waals surface area contributed by atoms with Crippen molar-refractivity contribution in [3.8, 4) is 45.0 Å². The van der Waals surface area contributed by atoms with Crippen LogP contribution in [0.5, 0.6) is 11.5 Å². The number of anilines is 3. The number of aromatic nitrogens is 1. The van der Waals surface area contributed by atoms with Gasteiger partial charge in [-0.3, -0.25) is 4.98 Å². The van der Waals surface area contributed by atoms with E-state index in [1.54, 1.807) is 0 Å². The molecule has 3 nitrogen and oxygen atoms in total. The van der Waals surface area contributed by atoms with Crippen LogP contribution < -0.4 is 9.64 Å². The molecule has 1 aliphatic rings. The summed E-state index contributed by atoms with van der Waals surface area (Å²) in [7, 11) is 0. The average Bonchev–Trinajstić information content (AvgIpc) is 3.06. The highest BCUT2D eigenvalue weighted by molar-refractivity contribution is 5.97. The molecule has 0 saturated carbocycles. The van der Waals surface area contributed by atoms with Gasteiger partial charge >= 0.3 is 0 Å². The Bertz CT molecular complexity index is 2210. The minimum absolute atomic E-state index is 0.831. The molecular weight excluding hydrogens is 572 g/mol. The number of pyridine rings is 1. The molecule has 0 spiro atoms. The van der Waals surface area contributed by atoms with Gasteiger partial charge in [0, 0.05) is 22.8 Å². The molecule has 2 heterocycles. The number of fused-ring (bicyclic) bond motifs is 3. The van der Waals surface area contributed by atoms with Gasteiger partial charge in [-0.15, -0.1) is 0 Å². The van der Waals surface area contributed by atoms with Crippen molar-refractivity contribution in [2.24, 2.45) is 0 Å². The van der Waals surface area contributed by atoms with Crippen molar-refractivity contribution in [3.05, 3.63) is 155 Å². The van der Waals surface area contributed by atoms with Gasteiger partial charge in [0.15, 0.2) is 11.5 Å². The third-order valence-electron chi connectivity index (χ3n) is 9.14. The molecule has 0 radical (unpaired) electrons. The molecule has 0 N–H and O–H groups in total. The fourth-order valence-corrected chi connectivity index (χ4v) is 7.07. The summed E-state index contributed by atoms with van der Waals surface area (Å²) in [5.41, 5.74) is 16.0. The van der Waals surface area contributed by atoms with Crippen molar-refractivity contribution in [1.29, 1.82) is 0 Å². The molecule has 0 unspecified atom stereocenters. The van der Waals surface area contributed by atoms with Gasteiger partial charge in [0.25, 0.3) is 0 Å². The first-order chi connectivity index (χ1) is 22.8. The van der Waals surface area contributed by atoms with Gasteiger partial charge in [-0.25, -0.2) is 0 Å². The second-order valence-electron chi connectivity index (χ2n) is 12.9. The first-order valence-corrected chi connectivity index (χ1v) is 16.2. The number of nitrogens with zero attached hydrogens (tertiary/aromatic N) is 2. The summed E-state index contributed by atoms with van der Waals surface area (Å²) in [6.45, 7) is 10.8. The van der Waals surface area contributed by atoms with Crippen LogP contribution in [-0.4, -0.2) is 4.98 Å². The zero-order chi connectivity index (χ0) is 32.2. The largest absolute Gasteiger partial charge is 0.453 e. The Hall–Kier alpha value is -5.67. The molecule has 3 heteroatoms. The summed E-state index contributed by atoms with van der Waals surface area (Å²) in [4.78, 5) is 7.22. The molecule has 6 aromatic carbocycles. The molecule has 7 aromatic rings. The van der Waals surface area contributed by atoms with Gasteiger partial charge in [0.2, 0.25) is 0 Å². The fourth-order valence-electron chi connectivity index (χ4n) is 7.07. The van der Waals surface area contributed by atoms with E-state index in [-0.39, 0.29) is 0 Å². The number of aryl methyl sites for hydroxylation is 5. The maximum absolute atomic E-state index is 6.82. The smallest absolute Gasteiger partial charge is 0.152 e. The van der Waals surface area contributed by atoms with Crippen LogP contribution in [0.3, 0.4) is 0 Å². The lowest BCUT2D eigenvalue weighted by Gasteiger charge is -2.34. The maximum Gasteiger partial charge on any atom is 0.152 e. The van der Waals surface area contributed by atoms with Crippen LogP contribution in [0.1, 0.15) is 27.8 Å². The van der Waals surface area contributed by atoms with E-state index in [1.807, 2.05) is 6.20 Å². The Morgan fingerprint density at radius 3 is 1.68 bits per heavy atom. The quantitative estimate of drug-likeness (QED) is 0.199. The van der Waals surface area contributed by atoms with Gasteiger partial charge in [0.1, 0.15) is 0 Å². The molecule has 0 saturated heterocycles. The Morgan fingerprint density at radius 1 is 0.511 bits per heavy atom. The monoisotopic (exact) mass is 608 g/mol. The highest BCUT2D eigenvalue weighted by atomic mass is 16.5. The van der Waals surface area contributed by atoms with Crippen LogP contribution in [0.25, 0.3) is 44.3 Å². The van der Waals surface area contributed by atoms with Crippen molar-refractivity contribution < 1.29 is 4.74 Å². The van der Waals surface area contributed by atoms with Gasteiger partial charge in [-0.1, -0.05) is 101 Å². The molecule has 8 rings (SSSR count). The number of benzene rings is 6. The molecule has 0 amide bonds. The van der Waals surface area contributed by atoms with Crippen molar-refractivity contribution in [2.75, 3.05) is 4.90 Å². The van der Waals surface area contributed by atoms with Gasteiger partial charge in [-0.2, -0.15) is 0 Å². The molecule has 0 fully saturated rings. The van der Waals surface area contributed by atoms with Crippen LogP contribution in [0.15, 0.2) is 128 Å². The Kier molecular flexibility index (Phi) is 6.91. The molecular formula is C44H36N2O. The van der Waals surface area contributed by atoms with E-state index >= 15 is 0 Å². The molecule has 47 heavy (non-hydrogen) atoms. The van der Waals surface area contributed by atoms with E-state index < -0.39 is 0 Å². The first-order valence-electron chi connectivity index (χ1n) is 16.2. The SMILES string of the molecule is Cc1cc(C)cc(-c2ccc3c(c2)Oc2cc(-c4cc(C)cc(C)c4)ccc2N3c2ccc(C)c(-c3nccc4ccccc34)c2)c1. The van der Waals surface area contributed by atoms with Crippen LogP contribution in [-0.2, 0) is 0 Å². The second kappa shape index (κ2) is 11.3. The summed E-state index contributed by atoms with van der Waals surface area (Å²) in [6, 6.07) is 43.8. The lowest BCUT2D eigenvalue weighted by molar-refractivity contribution is 0.477. The molecule has 0 atom stereocenters. The summed E-state index contributed by atoms with van der Waals surface area (Å²) in [5, 5.41) is 2.33. The predicted molar refractivity (Wildman–Crippen MR) is 196 cm³/mol. The second-order valence-corrected chi connectivity index (χ2v) is 12.9. The molecule has 0 aliphatic carbocycles. The first kappa shape index (κ1) is 28.8. The highest BCUT2D eigenvalue weighted by Crippen LogP contribution is 2.53. The number of hydrogen-bond acceptors (Lipinski definition) is 3. The van der Waals surface area contributed by atoms with Gasteiger partial charge < -0.3 is 9.64 Å². The standard InChI is InChI=1S/C44H36N2O/c1-27-18-28(2)21-35(20-27)33-11-14-40-42(24-33)47-43-25-34(36-22-29(3)19-30(4)23-36)12-15-41(43)46(40)37-13-10-31(5)39(26-37)44-38-9-7-6-8-32(38)16-17-45-44/h6-26H,1-5H3. The topological polar surface area (TPSA) is 25.4 Å². The van der Waals surface area contributed by atoms with Gasteiger partial charge in [0.05, 0.1) is 17.1 Å². The summed E-state index contributed by atoms with van der Waals surface area (Å²) in [6.07, 6.45) is 1.91. The van der Waals surface area contributed by atoms with Crippen molar-refractivity contribution in [2.45, 2.75) is 34.6 Å². The minimum atomic E-state index is 0.831. The number of ether oxygens (including phenoxy) is 1. The normalized spacial score (nSPS) is 12.1. The summed E-state index contributed by atoms with van der Waals surface area (Å²) in [5.74, 6) is 1.66. The van der Waals surface area contributed by atoms with E-state index in [9.17, 15) is 0 Å². The van der Waals surface area contributed by atoms with Gasteiger partial charge in [-0.05, 0) is 110 Å². The summed E-state index contributed by atoms with van der Waals surface area (Å²) < 4.78 is 6.82. The Labute approximate surface area is 276 Å². The number of hydrogen-bond donors (Lipinski definition) is 0. The maximum atomic E-state index is 6.82. The summed E-state index contributed by atoms with van der Waals surface area (Å²) >= 11 is 0. The van der Waals surface area contributed by atoms with Crippen LogP contribution >= 0.6 is 0 Å². The Morgan fingerprint density at radius 2 is 1.09 bits per heavy atom. The Balaban J connectivity index is 1.32. The average molecular weight is 609 g/mol. The lowest BCUT2D eigenvalue weighted by Crippen LogP contribution is -2.16. The third-order valence-corrected chi connectivity index (χ3v) is 9.14. The van der Waals surface area contributed by atoms with Crippen molar-refractivity contribution in [1.82, 2.24) is 4.98 Å². The third kappa shape index (κ3) is 5.24. The minimum Gasteiger partial charge on any atom is -0.453 e. The molecule has 0 bridgehead atoms. The molecule has 1 aliphatic heterocycles. The zero-order valence-electron chi connectivity index (χ0n) is 27.4. The van der Waals surface area contributed by atoms with E-state index in [1.165, 1.54) is 44.3 Å². The van der Waals surface area contributed by atoms with Crippen LogP contribution in [0, 0.1) is 34.6 Å². The van der Waals surface area contributed by atoms with E-state index in [0.717, 1.165) is 56.3 Å². The lowest BCUT2D eigenvalue weighted by atomic mass is 9.97. The highest BCUT2D eigenvalue weighted by Gasteiger charge is 2.28. The van der Waals surface area contributed by atoms with Crippen molar-refractivity contribution in [3.63, 3.8) is 0 Å². The zero-order valence-corrected chi connectivity index (χ0v) is 27.4. The fraction of sp³-hybridized carbons (Fsp3) is 0.114. The van der Waals surface area contributed by atoms with Crippen LogP contribution in [0.2, 0.25) is 0 Å². The molecule has 228 valence electrons.